The summed E-state index contributed by atoms with van der Waals surface area (Å²) in [6.07, 6.45) is 4.35. The molecule has 31 heavy (non-hydrogen) atoms. The van der Waals surface area contributed by atoms with Crippen LogP contribution in [0.15, 0.2) is 78.1 Å². The lowest BCUT2D eigenvalue weighted by Gasteiger charge is -2.09. The molecule has 0 saturated heterocycles. The van der Waals surface area contributed by atoms with E-state index in [1.165, 1.54) is 23.1 Å². The molecule has 0 atom stereocenters. The van der Waals surface area contributed by atoms with Gasteiger partial charge >= 0.3 is 5.97 Å². The number of nitrogens with one attached hydrogen (secondary N) is 1. The Morgan fingerprint density at radius 3 is 2.61 bits per heavy atom. The maximum atomic E-state index is 12.6. The molecule has 0 unspecified atom stereocenters. The molecule has 156 valence electrons. The third-order valence-corrected chi connectivity index (χ3v) is 5.91. The number of aromatic nitrogens is 4. The van der Waals surface area contributed by atoms with Gasteiger partial charge in [-0.3, -0.25) is 9.71 Å². The van der Waals surface area contributed by atoms with E-state index in [0.717, 1.165) is 5.56 Å². The van der Waals surface area contributed by atoms with Crippen LogP contribution < -0.4 is 4.72 Å². The number of carboxylic acid groups (broad SMARTS) is 1. The number of aryl methyl sites for hydroxylation is 1. The Labute approximate surface area is 178 Å². The zero-order valence-electron chi connectivity index (χ0n) is 16.3. The van der Waals surface area contributed by atoms with Gasteiger partial charge in [-0.15, -0.1) is 5.10 Å². The van der Waals surface area contributed by atoms with E-state index in [2.05, 4.69) is 20.0 Å². The van der Waals surface area contributed by atoms with E-state index in [0.29, 0.717) is 22.6 Å². The highest BCUT2D eigenvalue weighted by Crippen LogP contribution is 2.23. The second-order valence-corrected chi connectivity index (χ2v) is 8.43. The van der Waals surface area contributed by atoms with Gasteiger partial charge in [-0.05, 0) is 43.3 Å². The molecule has 0 bridgehead atoms. The second kappa shape index (κ2) is 8.00. The summed E-state index contributed by atoms with van der Waals surface area (Å²) in [6, 6.07) is 14.6. The lowest BCUT2D eigenvalue weighted by atomic mass is 10.1. The largest absolute Gasteiger partial charge is 0.478 e. The molecule has 0 radical (unpaired) electrons. The van der Waals surface area contributed by atoms with Crippen LogP contribution in [0, 0.1) is 6.92 Å². The van der Waals surface area contributed by atoms with E-state index in [9.17, 15) is 18.3 Å². The lowest BCUT2D eigenvalue weighted by molar-refractivity contribution is 0.0697. The number of pyridine rings is 1. The van der Waals surface area contributed by atoms with Crippen LogP contribution in [0.25, 0.3) is 16.9 Å². The maximum Gasteiger partial charge on any atom is 0.336 e. The van der Waals surface area contributed by atoms with Gasteiger partial charge in [0.2, 0.25) is 0 Å². The van der Waals surface area contributed by atoms with Gasteiger partial charge in [0.15, 0.2) is 0 Å². The van der Waals surface area contributed by atoms with Crippen molar-refractivity contribution in [2.75, 3.05) is 4.72 Å². The van der Waals surface area contributed by atoms with E-state index >= 15 is 0 Å². The van der Waals surface area contributed by atoms with E-state index < -0.39 is 16.0 Å². The number of rotatable bonds is 6. The van der Waals surface area contributed by atoms with Crippen molar-refractivity contribution in [1.29, 1.82) is 0 Å². The number of hydrogen-bond donors (Lipinski definition) is 2. The summed E-state index contributed by atoms with van der Waals surface area (Å²) < 4.78 is 29.3. The standard InChI is InChI=1S/C21H17N5O4S/c1-14-5-7-17(8-6-14)31(29,30)24-15-3-2-4-16(11-15)26-13-20(23-25-26)19-12-22-10-9-18(19)21(27)28/h2-13,24H,1H3,(H,27,28). The SMILES string of the molecule is Cc1ccc(S(=O)(=O)Nc2cccc(-n3cc(-c4cnccc4C(=O)O)nn3)c2)cc1. The predicted octanol–water partition coefficient (Wildman–Crippen LogP) is 3.14. The number of sulfonamides is 1. The van der Waals surface area contributed by atoms with Crippen molar-refractivity contribution in [3.63, 3.8) is 0 Å². The van der Waals surface area contributed by atoms with Gasteiger partial charge in [0, 0.05) is 18.0 Å². The van der Waals surface area contributed by atoms with Crippen molar-refractivity contribution in [3.05, 3.63) is 84.3 Å². The molecule has 2 heterocycles. The van der Waals surface area contributed by atoms with E-state index in [-0.39, 0.29) is 10.5 Å². The summed E-state index contributed by atoms with van der Waals surface area (Å²) in [5, 5.41) is 17.4. The number of hydrogen-bond acceptors (Lipinski definition) is 6. The van der Waals surface area contributed by atoms with Gasteiger partial charge in [0.25, 0.3) is 10.0 Å². The smallest absolute Gasteiger partial charge is 0.336 e. The topological polar surface area (TPSA) is 127 Å². The Balaban J connectivity index is 1.63. The summed E-state index contributed by atoms with van der Waals surface area (Å²) in [5.74, 6) is -1.10. The average molecular weight is 435 g/mol. The van der Waals surface area contributed by atoms with Crippen molar-refractivity contribution in [1.82, 2.24) is 20.0 Å². The van der Waals surface area contributed by atoms with Gasteiger partial charge in [0.1, 0.15) is 5.69 Å². The molecule has 0 saturated carbocycles. The molecule has 2 aromatic heterocycles. The Morgan fingerprint density at radius 1 is 1.10 bits per heavy atom. The van der Waals surface area contributed by atoms with Crippen molar-refractivity contribution in [2.45, 2.75) is 11.8 Å². The van der Waals surface area contributed by atoms with Gasteiger partial charge < -0.3 is 5.11 Å². The van der Waals surface area contributed by atoms with Crippen molar-refractivity contribution in [3.8, 4) is 16.9 Å². The van der Waals surface area contributed by atoms with Crippen LogP contribution in [0.1, 0.15) is 15.9 Å². The van der Waals surface area contributed by atoms with Crippen molar-refractivity contribution < 1.29 is 18.3 Å². The van der Waals surface area contributed by atoms with Crippen LogP contribution in [-0.2, 0) is 10.0 Å². The minimum atomic E-state index is -3.75. The molecule has 0 fully saturated rings. The molecular weight excluding hydrogens is 418 g/mol. The molecular formula is C21H17N5O4S. The molecule has 10 heteroatoms. The first-order chi connectivity index (χ1) is 14.8. The summed E-state index contributed by atoms with van der Waals surface area (Å²) in [6.45, 7) is 1.88. The normalized spacial score (nSPS) is 11.3. The number of carbonyl (C=O) groups is 1. The molecule has 0 aliphatic heterocycles. The quantitative estimate of drug-likeness (QED) is 0.476. The Morgan fingerprint density at radius 2 is 1.87 bits per heavy atom. The average Bonchev–Trinajstić information content (AvgIpc) is 3.24. The molecule has 0 spiro atoms. The first-order valence-electron chi connectivity index (χ1n) is 9.13. The Hall–Kier alpha value is -4.05. The third-order valence-electron chi connectivity index (χ3n) is 4.52. The molecule has 0 amide bonds. The highest BCUT2D eigenvalue weighted by atomic mass is 32.2. The first-order valence-corrected chi connectivity index (χ1v) is 10.6. The lowest BCUT2D eigenvalue weighted by Crippen LogP contribution is -2.13. The predicted molar refractivity (Wildman–Crippen MR) is 114 cm³/mol. The molecule has 0 aliphatic carbocycles. The molecule has 0 aliphatic rings. The van der Waals surface area contributed by atoms with Crippen molar-refractivity contribution in [2.24, 2.45) is 0 Å². The van der Waals surface area contributed by atoms with Gasteiger partial charge in [-0.1, -0.05) is 29.0 Å². The first kappa shape index (κ1) is 20.2. The maximum absolute atomic E-state index is 12.6. The Kier molecular flexibility index (Phi) is 5.22. The minimum absolute atomic E-state index is 0.0571. The minimum Gasteiger partial charge on any atom is -0.478 e. The summed E-state index contributed by atoms with van der Waals surface area (Å²) in [7, 11) is -3.75. The van der Waals surface area contributed by atoms with E-state index in [1.807, 2.05) is 6.92 Å². The molecule has 4 aromatic rings. The fourth-order valence-corrected chi connectivity index (χ4v) is 3.99. The van der Waals surface area contributed by atoms with Crippen molar-refractivity contribution >= 4 is 21.7 Å². The van der Waals surface area contributed by atoms with E-state index in [1.54, 1.807) is 54.7 Å². The number of aromatic carboxylic acids is 1. The Bertz CT molecular complexity index is 1360. The number of anilines is 1. The number of benzene rings is 2. The van der Waals surface area contributed by atoms with Gasteiger partial charge in [-0.25, -0.2) is 17.9 Å². The van der Waals surface area contributed by atoms with Crippen LogP contribution in [0.4, 0.5) is 5.69 Å². The zero-order chi connectivity index (χ0) is 22.0. The van der Waals surface area contributed by atoms with Gasteiger partial charge in [0.05, 0.1) is 28.0 Å². The molecule has 2 aromatic carbocycles. The van der Waals surface area contributed by atoms with Crippen LogP contribution in [0.5, 0.6) is 0 Å². The summed E-state index contributed by atoms with van der Waals surface area (Å²) in [4.78, 5) is 15.6. The third kappa shape index (κ3) is 4.28. The molecule has 2 N–H and O–H groups in total. The summed E-state index contributed by atoms with van der Waals surface area (Å²) >= 11 is 0. The highest BCUT2D eigenvalue weighted by molar-refractivity contribution is 7.92. The monoisotopic (exact) mass is 435 g/mol. The van der Waals surface area contributed by atoms with Crippen LogP contribution >= 0.6 is 0 Å². The van der Waals surface area contributed by atoms with Gasteiger partial charge in [-0.2, -0.15) is 0 Å². The van der Waals surface area contributed by atoms with Crippen LogP contribution in [0.2, 0.25) is 0 Å². The fourth-order valence-electron chi connectivity index (χ4n) is 2.94. The summed E-state index contributed by atoms with van der Waals surface area (Å²) in [5.41, 5.74) is 2.57. The van der Waals surface area contributed by atoms with E-state index in [4.69, 9.17) is 0 Å². The highest BCUT2D eigenvalue weighted by Gasteiger charge is 2.16. The van der Waals surface area contributed by atoms with Crippen LogP contribution in [0.3, 0.4) is 0 Å². The fraction of sp³-hybridized carbons (Fsp3) is 0.0476. The van der Waals surface area contributed by atoms with Crippen LogP contribution in [-0.4, -0.2) is 39.5 Å². The number of nitrogens with zero attached hydrogens (tertiary/aromatic N) is 4. The second-order valence-electron chi connectivity index (χ2n) is 6.74. The zero-order valence-corrected chi connectivity index (χ0v) is 17.1. The molecule has 4 rings (SSSR count). The number of carboxylic acids is 1. The molecule has 9 nitrogen and oxygen atoms in total.